The number of rotatable bonds is 6. The Morgan fingerprint density at radius 3 is 3.00 bits per heavy atom. The number of hydrogen-bond acceptors (Lipinski definition) is 4. The molecular formula is C13H18N2O2. The summed E-state index contributed by atoms with van der Waals surface area (Å²) in [5, 5.41) is 13.1. The quantitative estimate of drug-likeness (QED) is 0.576. The van der Waals surface area contributed by atoms with Crippen LogP contribution in [0.5, 0.6) is 5.75 Å². The molecule has 0 aromatic carbocycles. The first-order valence-electron chi connectivity index (χ1n) is 5.50. The van der Waals surface area contributed by atoms with Gasteiger partial charge in [0.15, 0.2) is 0 Å². The van der Waals surface area contributed by atoms with Gasteiger partial charge in [-0.3, -0.25) is 4.98 Å². The lowest BCUT2D eigenvalue weighted by atomic mass is 10.1. The molecule has 4 nitrogen and oxygen atoms in total. The first kappa shape index (κ1) is 13.5. The second-order valence-corrected chi connectivity index (χ2v) is 3.76. The number of pyridine rings is 1. The van der Waals surface area contributed by atoms with Crippen LogP contribution < -0.4 is 5.32 Å². The van der Waals surface area contributed by atoms with E-state index in [9.17, 15) is 5.11 Å². The third kappa shape index (κ3) is 3.74. The highest BCUT2D eigenvalue weighted by atomic mass is 16.5. The lowest BCUT2D eigenvalue weighted by Crippen LogP contribution is -2.16. The molecule has 1 aromatic heterocycles. The minimum Gasteiger partial charge on any atom is -0.506 e. The van der Waals surface area contributed by atoms with Gasteiger partial charge in [0.2, 0.25) is 0 Å². The zero-order valence-electron chi connectivity index (χ0n) is 10.3. The molecule has 0 spiro atoms. The topological polar surface area (TPSA) is 54.4 Å². The van der Waals surface area contributed by atoms with Crippen molar-refractivity contribution >= 4 is 0 Å². The molecule has 0 saturated carbocycles. The van der Waals surface area contributed by atoms with E-state index in [4.69, 9.17) is 11.2 Å². The highest BCUT2D eigenvalue weighted by Gasteiger charge is 2.10. The monoisotopic (exact) mass is 234 g/mol. The molecule has 1 heterocycles. The van der Waals surface area contributed by atoms with E-state index >= 15 is 0 Å². The number of ether oxygens (including phenoxy) is 1. The molecule has 2 N–H and O–H groups in total. The number of hydrogen-bond donors (Lipinski definition) is 2. The average Bonchev–Trinajstić information content (AvgIpc) is 2.33. The van der Waals surface area contributed by atoms with E-state index in [1.54, 1.807) is 20.2 Å². The molecule has 0 saturated heterocycles. The number of nitrogens with zero attached hydrogens (tertiary/aromatic N) is 1. The molecule has 0 aliphatic rings. The Hall–Kier alpha value is -1.57. The number of methoxy groups -OCH3 is 1. The van der Waals surface area contributed by atoms with Crippen molar-refractivity contribution in [3.63, 3.8) is 0 Å². The summed E-state index contributed by atoms with van der Waals surface area (Å²) in [5.74, 6) is 2.79. The van der Waals surface area contributed by atoms with Gasteiger partial charge in [0.25, 0.3) is 0 Å². The van der Waals surface area contributed by atoms with E-state index in [2.05, 4.69) is 16.2 Å². The maximum atomic E-state index is 9.96. The summed E-state index contributed by atoms with van der Waals surface area (Å²) in [6.45, 7) is 3.50. The van der Waals surface area contributed by atoms with Gasteiger partial charge in [-0.05, 0) is 6.92 Å². The Morgan fingerprint density at radius 1 is 1.59 bits per heavy atom. The first-order chi connectivity index (χ1) is 8.20. The minimum absolute atomic E-state index is 0.229. The zero-order valence-corrected chi connectivity index (χ0v) is 10.3. The summed E-state index contributed by atoms with van der Waals surface area (Å²) in [7, 11) is 1.62. The lowest BCUT2D eigenvalue weighted by Gasteiger charge is -2.12. The van der Waals surface area contributed by atoms with Crippen LogP contribution in [0.3, 0.4) is 0 Å². The highest BCUT2D eigenvalue weighted by Crippen LogP contribution is 2.23. The van der Waals surface area contributed by atoms with Gasteiger partial charge in [-0.15, -0.1) is 12.3 Å². The molecule has 0 aliphatic carbocycles. The predicted octanol–water partition coefficient (Wildman–Crippen LogP) is 1.35. The number of nitrogens with one attached hydrogen (secondary N) is 1. The molecule has 0 radical (unpaired) electrons. The van der Waals surface area contributed by atoms with Gasteiger partial charge >= 0.3 is 0 Å². The smallest absolute Gasteiger partial charge is 0.141 e. The van der Waals surface area contributed by atoms with E-state index < -0.39 is 0 Å². The molecule has 0 atom stereocenters. The Morgan fingerprint density at radius 2 is 2.35 bits per heavy atom. The summed E-state index contributed by atoms with van der Waals surface area (Å²) in [4.78, 5) is 4.11. The van der Waals surface area contributed by atoms with Crippen LogP contribution in [0.1, 0.15) is 23.2 Å². The van der Waals surface area contributed by atoms with Gasteiger partial charge in [-0.1, -0.05) is 0 Å². The maximum absolute atomic E-state index is 9.96. The summed E-state index contributed by atoms with van der Waals surface area (Å²) in [5.41, 5.74) is 2.35. The molecule has 4 heteroatoms. The van der Waals surface area contributed by atoms with Crippen LogP contribution >= 0.6 is 0 Å². The van der Waals surface area contributed by atoms with Crippen LogP contribution in [-0.2, 0) is 17.9 Å². The van der Waals surface area contributed by atoms with Crippen LogP contribution in [-0.4, -0.2) is 23.7 Å². The van der Waals surface area contributed by atoms with Crippen LogP contribution in [0.25, 0.3) is 0 Å². The zero-order chi connectivity index (χ0) is 12.7. The Bertz CT molecular complexity index is 411. The van der Waals surface area contributed by atoms with Gasteiger partial charge in [-0.2, -0.15) is 0 Å². The van der Waals surface area contributed by atoms with Crippen molar-refractivity contribution in [1.82, 2.24) is 10.3 Å². The average molecular weight is 234 g/mol. The van der Waals surface area contributed by atoms with Gasteiger partial charge in [0.05, 0.1) is 12.3 Å². The molecule has 0 aliphatic heterocycles. The second kappa shape index (κ2) is 6.89. The van der Waals surface area contributed by atoms with Crippen LogP contribution in [0.15, 0.2) is 6.20 Å². The SMILES string of the molecule is C#CCCNCc1c(COC)cnc(C)c1O. The fourth-order valence-corrected chi connectivity index (χ4v) is 1.54. The molecule has 17 heavy (non-hydrogen) atoms. The van der Waals surface area contributed by atoms with Crippen molar-refractivity contribution in [3.8, 4) is 18.1 Å². The molecule has 1 rings (SSSR count). The van der Waals surface area contributed by atoms with Crippen LogP contribution in [0.2, 0.25) is 0 Å². The molecule has 0 amide bonds. The van der Waals surface area contributed by atoms with E-state index in [1.165, 1.54) is 0 Å². The van der Waals surface area contributed by atoms with Crippen LogP contribution in [0, 0.1) is 19.3 Å². The summed E-state index contributed by atoms with van der Waals surface area (Å²) in [6, 6.07) is 0. The molecular weight excluding hydrogens is 216 g/mol. The fraction of sp³-hybridized carbons (Fsp3) is 0.462. The Labute approximate surface area is 102 Å². The largest absolute Gasteiger partial charge is 0.506 e. The lowest BCUT2D eigenvalue weighted by molar-refractivity contribution is 0.183. The van der Waals surface area contributed by atoms with E-state index in [0.29, 0.717) is 25.3 Å². The van der Waals surface area contributed by atoms with E-state index in [1.807, 2.05) is 0 Å². The first-order valence-corrected chi connectivity index (χ1v) is 5.50. The fourth-order valence-electron chi connectivity index (χ4n) is 1.54. The van der Waals surface area contributed by atoms with Crippen LogP contribution in [0.4, 0.5) is 0 Å². The third-order valence-electron chi connectivity index (χ3n) is 2.48. The highest BCUT2D eigenvalue weighted by molar-refractivity contribution is 5.40. The summed E-state index contributed by atoms with van der Waals surface area (Å²) < 4.78 is 5.08. The number of aromatic hydroxyl groups is 1. The summed E-state index contributed by atoms with van der Waals surface area (Å²) >= 11 is 0. The van der Waals surface area contributed by atoms with Gasteiger partial charge in [0.1, 0.15) is 5.75 Å². The molecule has 0 fully saturated rings. The third-order valence-corrected chi connectivity index (χ3v) is 2.48. The van der Waals surface area contributed by atoms with Crippen molar-refractivity contribution in [1.29, 1.82) is 0 Å². The van der Waals surface area contributed by atoms with Crippen molar-refractivity contribution in [2.45, 2.75) is 26.5 Å². The second-order valence-electron chi connectivity index (χ2n) is 3.76. The number of aromatic nitrogens is 1. The van der Waals surface area contributed by atoms with Gasteiger partial charge in [-0.25, -0.2) is 0 Å². The van der Waals surface area contributed by atoms with Crippen molar-refractivity contribution in [2.75, 3.05) is 13.7 Å². The Balaban J connectivity index is 2.79. The number of aryl methyl sites for hydroxylation is 1. The van der Waals surface area contributed by atoms with E-state index in [0.717, 1.165) is 17.7 Å². The number of terminal acetylenes is 1. The van der Waals surface area contributed by atoms with E-state index in [-0.39, 0.29) is 5.75 Å². The minimum atomic E-state index is 0.229. The summed E-state index contributed by atoms with van der Waals surface area (Å²) in [6.07, 6.45) is 7.57. The van der Waals surface area contributed by atoms with Gasteiger partial charge < -0.3 is 15.2 Å². The molecule has 92 valence electrons. The Kier molecular flexibility index (Phi) is 5.47. The predicted molar refractivity (Wildman–Crippen MR) is 66.5 cm³/mol. The normalized spacial score (nSPS) is 10.2. The van der Waals surface area contributed by atoms with Crippen molar-refractivity contribution in [2.24, 2.45) is 0 Å². The standard InChI is InChI=1S/C13H18N2O2/c1-4-5-6-14-8-12-11(9-17-3)7-15-10(2)13(12)16/h1,7,14,16H,5-6,8-9H2,2-3H3. The van der Waals surface area contributed by atoms with Gasteiger partial charge in [0, 0.05) is 43.9 Å². The molecule has 0 bridgehead atoms. The maximum Gasteiger partial charge on any atom is 0.141 e. The molecule has 0 unspecified atom stereocenters. The molecule has 1 aromatic rings. The van der Waals surface area contributed by atoms with Crippen molar-refractivity contribution < 1.29 is 9.84 Å². The van der Waals surface area contributed by atoms with Crippen molar-refractivity contribution in [3.05, 3.63) is 23.0 Å².